The van der Waals surface area contributed by atoms with Crippen molar-refractivity contribution in [1.29, 1.82) is 0 Å². The van der Waals surface area contributed by atoms with Crippen molar-refractivity contribution in [1.82, 2.24) is 14.2 Å². The Morgan fingerprint density at radius 1 is 0.921 bits per heavy atom. The van der Waals surface area contributed by atoms with Crippen molar-refractivity contribution < 1.29 is 13.2 Å². The summed E-state index contributed by atoms with van der Waals surface area (Å²) in [5, 5.41) is 0.634. The number of nitrogens with zero attached hydrogens (tertiary/aromatic N) is 4. The number of thiazole rings is 1. The van der Waals surface area contributed by atoms with Crippen molar-refractivity contribution in [2.75, 3.05) is 39.1 Å². The quantitative estimate of drug-likeness (QED) is 0.270. The molecule has 0 aliphatic carbocycles. The molecule has 1 amide bonds. The number of carbonyl (C=O) groups is 1. The van der Waals surface area contributed by atoms with Crippen LogP contribution in [0.1, 0.15) is 27.0 Å². The molecule has 4 rings (SSSR count). The molecule has 0 saturated carbocycles. The lowest BCUT2D eigenvalue weighted by Crippen LogP contribution is -2.36. The number of sulfonamides is 1. The molecule has 4 aromatic rings. The van der Waals surface area contributed by atoms with Crippen molar-refractivity contribution >= 4 is 55.0 Å². The van der Waals surface area contributed by atoms with Gasteiger partial charge in [-0.25, -0.2) is 13.4 Å². The molecule has 202 valence electrons. The molecule has 0 atom stereocenters. The molecule has 0 bridgehead atoms. The molecule has 0 N–H and O–H groups in total. The van der Waals surface area contributed by atoms with E-state index in [4.69, 9.17) is 4.98 Å². The van der Waals surface area contributed by atoms with Crippen LogP contribution in [0.2, 0.25) is 0 Å². The van der Waals surface area contributed by atoms with E-state index in [1.807, 2.05) is 62.3 Å². The first kappa shape index (κ1) is 29.7. The number of rotatable bonds is 9. The van der Waals surface area contributed by atoms with Crippen LogP contribution in [0.3, 0.4) is 0 Å². The first-order valence-corrected chi connectivity index (χ1v) is 14.3. The minimum Gasteiger partial charge on any atom is -0.308 e. The fourth-order valence-corrected chi connectivity index (χ4v) is 6.29. The second kappa shape index (κ2) is 12.4. The molecule has 1 heterocycles. The maximum atomic E-state index is 13.6. The van der Waals surface area contributed by atoms with Crippen LogP contribution < -0.4 is 4.90 Å². The molecule has 3 aromatic carbocycles. The highest BCUT2D eigenvalue weighted by Crippen LogP contribution is 2.33. The highest BCUT2D eigenvalue weighted by atomic mass is 35.5. The Labute approximate surface area is 235 Å². The van der Waals surface area contributed by atoms with Gasteiger partial charge in [0.1, 0.15) is 0 Å². The van der Waals surface area contributed by atoms with Gasteiger partial charge in [0.2, 0.25) is 10.0 Å². The van der Waals surface area contributed by atoms with Crippen molar-refractivity contribution in [2.24, 2.45) is 0 Å². The third-order valence-corrected chi connectivity index (χ3v) is 9.16. The zero-order valence-electron chi connectivity index (χ0n) is 22.2. The van der Waals surface area contributed by atoms with E-state index in [2.05, 4.69) is 13.0 Å². The highest BCUT2D eigenvalue weighted by Gasteiger charge is 2.24. The SMILES string of the molecule is Cc1cc(C)c2sc(N(CCN(C)C)C(=O)c3ccc(S(=O)(=O)N(C)Cc4ccccc4)cc3)nc2c1.Cl. The van der Waals surface area contributed by atoms with Gasteiger partial charge >= 0.3 is 0 Å². The number of likely N-dealkylation sites (N-methyl/N-ethyl adjacent to an activating group) is 1. The second-order valence-corrected chi connectivity index (χ2v) is 12.5. The van der Waals surface area contributed by atoms with E-state index in [9.17, 15) is 13.2 Å². The molecular weight excluding hydrogens is 540 g/mol. The molecule has 0 aliphatic heterocycles. The van der Waals surface area contributed by atoms with Crippen molar-refractivity contribution in [3.63, 3.8) is 0 Å². The van der Waals surface area contributed by atoms with Gasteiger partial charge in [-0.05, 0) is 75.0 Å². The van der Waals surface area contributed by atoms with Gasteiger partial charge in [0.25, 0.3) is 5.91 Å². The molecule has 0 unspecified atom stereocenters. The summed E-state index contributed by atoms with van der Waals surface area (Å²) in [6.07, 6.45) is 0. The summed E-state index contributed by atoms with van der Waals surface area (Å²) in [6.45, 7) is 5.48. The summed E-state index contributed by atoms with van der Waals surface area (Å²) in [6, 6.07) is 19.7. The summed E-state index contributed by atoms with van der Waals surface area (Å²) < 4.78 is 28.6. The zero-order valence-corrected chi connectivity index (χ0v) is 24.7. The van der Waals surface area contributed by atoms with Crippen LogP contribution in [0, 0.1) is 13.8 Å². The Balaban J connectivity index is 0.00000400. The van der Waals surface area contributed by atoms with E-state index in [-0.39, 0.29) is 29.8 Å². The Morgan fingerprint density at radius 2 is 1.58 bits per heavy atom. The average molecular weight is 573 g/mol. The number of anilines is 1. The number of aryl methyl sites for hydroxylation is 2. The largest absolute Gasteiger partial charge is 0.308 e. The number of aromatic nitrogens is 1. The lowest BCUT2D eigenvalue weighted by Gasteiger charge is -2.22. The van der Waals surface area contributed by atoms with Gasteiger partial charge in [0.15, 0.2) is 5.13 Å². The smallest absolute Gasteiger partial charge is 0.260 e. The van der Waals surface area contributed by atoms with Crippen molar-refractivity contribution in [2.45, 2.75) is 25.3 Å². The Morgan fingerprint density at radius 3 is 2.21 bits per heavy atom. The number of hydrogen-bond acceptors (Lipinski definition) is 6. The summed E-state index contributed by atoms with van der Waals surface area (Å²) >= 11 is 1.50. The van der Waals surface area contributed by atoms with Gasteiger partial charge in [-0.15, -0.1) is 12.4 Å². The van der Waals surface area contributed by atoms with Gasteiger partial charge in [-0.3, -0.25) is 9.69 Å². The molecule has 0 saturated heterocycles. The third-order valence-electron chi connectivity index (χ3n) is 6.11. The number of carbonyl (C=O) groups excluding carboxylic acids is 1. The third kappa shape index (κ3) is 6.59. The molecule has 0 radical (unpaired) electrons. The molecule has 10 heteroatoms. The van der Waals surface area contributed by atoms with Gasteiger partial charge in [-0.2, -0.15) is 4.31 Å². The summed E-state index contributed by atoms with van der Waals surface area (Å²) in [7, 11) is 1.77. The number of amides is 1. The van der Waals surface area contributed by atoms with Gasteiger partial charge in [-0.1, -0.05) is 47.7 Å². The molecular formula is C28H33ClN4O3S2. The van der Waals surface area contributed by atoms with Gasteiger partial charge in [0, 0.05) is 32.2 Å². The zero-order chi connectivity index (χ0) is 26.7. The normalized spacial score (nSPS) is 11.7. The predicted octanol–water partition coefficient (Wildman–Crippen LogP) is 5.36. The van der Waals surface area contributed by atoms with Gasteiger partial charge < -0.3 is 4.90 Å². The van der Waals surface area contributed by atoms with Crippen LogP contribution in [-0.4, -0.2) is 62.7 Å². The number of halogens is 1. The lowest BCUT2D eigenvalue weighted by molar-refractivity contribution is 0.0985. The van der Waals surface area contributed by atoms with Crippen LogP contribution in [-0.2, 0) is 16.6 Å². The number of hydrogen-bond donors (Lipinski definition) is 0. The predicted molar refractivity (Wildman–Crippen MR) is 158 cm³/mol. The van der Waals surface area contributed by atoms with Crippen LogP contribution >= 0.6 is 23.7 Å². The van der Waals surface area contributed by atoms with E-state index in [1.54, 1.807) is 24.1 Å². The van der Waals surface area contributed by atoms with Crippen molar-refractivity contribution in [3.05, 3.63) is 89.0 Å². The highest BCUT2D eigenvalue weighted by molar-refractivity contribution is 7.89. The Hall–Kier alpha value is -2.82. The second-order valence-electron chi connectivity index (χ2n) is 9.46. The van der Waals surface area contributed by atoms with E-state index in [0.717, 1.165) is 26.9 Å². The van der Waals surface area contributed by atoms with E-state index < -0.39 is 10.0 Å². The average Bonchev–Trinajstić information content (AvgIpc) is 3.28. The van der Waals surface area contributed by atoms with Gasteiger partial charge in [0.05, 0.1) is 15.1 Å². The lowest BCUT2D eigenvalue weighted by atomic mass is 10.1. The fourth-order valence-electron chi connectivity index (χ4n) is 4.10. The summed E-state index contributed by atoms with van der Waals surface area (Å²) in [5.41, 5.74) is 4.45. The molecule has 0 fully saturated rings. The Bertz CT molecular complexity index is 1500. The maximum Gasteiger partial charge on any atom is 0.260 e. The van der Waals surface area contributed by atoms with Crippen LogP contribution in [0.25, 0.3) is 10.2 Å². The number of benzene rings is 3. The summed E-state index contributed by atoms with van der Waals surface area (Å²) in [4.78, 5) is 22.3. The molecule has 38 heavy (non-hydrogen) atoms. The van der Waals surface area contributed by atoms with Crippen LogP contribution in [0.5, 0.6) is 0 Å². The van der Waals surface area contributed by atoms with E-state index in [1.165, 1.54) is 27.8 Å². The minimum atomic E-state index is -3.71. The molecule has 7 nitrogen and oxygen atoms in total. The number of fused-ring (bicyclic) bond motifs is 1. The van der Waals surface area contributed by atoms with Crippen LogP contribution in [0.4, 0.5) is 5.13 Å². The minimum absolute atomic E-state index is 0. The Kier molecular flexibility index (Phi) is 9.67. The van der Waals surface area contributed by atoms with E-state index >= 15 is 0 Å². The monoisotopic (exact) mass is 572 g/mol. The molecule has 0 spiro atoms. The molecule has 0 aliphatic rings. The topological polar surface area (TPSA) is 73.8 Å². The summed E-state index contributed by atoms with van der Waals surface area (Å²) in [5.74, 6) is -0.211. The molecule has 1 aromatic heterocycles. The van der Waals surface area contributed by atoms with Crippen LogP contribution in [0.15, 0.2) is 71.6 Å². The standard InChI is InChI=1S/C28H32N4O3S2.ClH/c1-20-17-21(2)26-25(18-20)29-28(36-26)32(16-15-30(3)4)27(33)23-11-13-24(14-12-23)37(34,35)31(5)19-22-9-7-6-8-10-22;/h6-14,17-18H,15-16,19H2,1-5H3;1H. The maximum absolute atomic E-state index is 13.6. The first-order valence-electron chi connectivity index (χ1n) is 12.0. The van der Waals surface area contributed by atoms with Crippen molar-refractivity contribution in [3.8, 4) is 0 Å². The van der Waals surface area contributed by atoms with E-state index in [0.29, 0.717) is 23.8 Å². The first-order chi connectivity index (χ1) is 17.6. The fraction of sp³-hybridized carbons (Fsp3) is 0.286.